The number of benzene rings is 2. The molecule has 2 N–H and O–H groups in total. The molecule has 2 aromatic rings. The summed E-state index contributed by atoms with van der Waals surface area (Å²) in [5, 5.41) is 3.33. The van der Waals surface area contributed by atoms with Gasteiger partial charge in [0, 0.05) is 10.8 Å². The van der Waals surface area contributed by atoms with E-state index in [-0.39, 0.29) is 22.6 Å². The zero-order valence-electron chi connectivity index (χ0n) is 26.0. The van der Waals surface area contributed by atoms with E-state index in [0.29, 0.717) is 5.39 Å². The van der Waals surface area contributed by atoms with Gasteiger partial charge in [-0.2, -0.15) is 8.42 Å². The molecule has 0 aliphatic carbocycles. The van der Waals surface area contributed by atoms with Crippen molar-refractivity contribution in [3.05, 3.63) is 36.4 Å². The number of hydrogen-bond acceptors (Lipinski definition) is 7. The Balaban J connectivity index is 2.42. The Kier molecular flexibility index (Phi) is 10.0. The number of fused-ring (bicyclic) bond motifs is 1. The molecule has 9 nitrogen and oxygen atoms in total. The summed E-state index contributed by atoms with van der Waals surface area (Å²) in [5.41, 5.74) is -3.90. The van der Waals surface area contributed by atoms with Gasteiger partial charge in [0.1, 0.15) is 17.1 Å². The van der Waals surface area contributed by atoms with E-state index in [4.69, 9.17) is 9.47 Å². The van der Waals surface area contributed by atoms with Crippen molar-refractivity contribution in [3.8, 4) is 0 Å². The molecule has 41 heavy (non-hydrogen) atoms. The van der Waals surface area contributed by atoms with Crippen LogP contribution in [-0.4, -0.2) is 53.9 Å². The molecule has 0 spiro atoms. The number of rotatable bonds is 11. The van der Waals surface area contributed by atoms with Gasteiger partial charge in [-0.1, -0.05) is 65.0 Å². The average Bonchev–Trinajstić information content (AvgIpc) is 2.79. The summed E-state index contributed by atoms with van der Waals surface area (Å²) in [5.74, 6) is -1.29. The lowest BCUT2D eigenvalue weighted by atomic mass is 9.71. The number of carbonyl (C=O) groups excluding carboxylic acids is 3. The molecule has 0 heterocycles. The molecule has 0 saturated heterocycles. The molecule has 228 valence electrons. The van der Waals surface area contributed by atoms with Crippen molar-refractivity contribution in [2.75, 3.05) is 5.32 Å². The number of amides is 1. The first-order chi connectivity index (χ1) is 18.4. The van der Waals surface area contributed by atoms with E-state index in [0.717, 1.165) is 0 Å². The molecule has 2 atom stereocenters. The summed E-state index contributed by atoms with van der Waals surface area (Å²) in [4.78, 5) is 39.8. The van der Waals surface area contributed by atoms with E-state index < -0.39 is 61.6 Å². The Morgan fingerprint density at radius 1 is 0.854 bits per heavy atom. The van der Waals surface area contributed by atoms with Gasteiger partial charge >= 0.3 is 0 Å². The van der Waals surface area contributed by atoms with Crippen LogP contribution in [0.3, 0.4) is 0 Å². The minimum absolute atomic E-state index is 0.124. The highest BCUT2D eigenvalue weighted by Gasteiger charge is 2.49. The van der Waals surface area contributed by atoms with E-state index in [1.165, 1.54) is 12.1 Å². The summed E-state index contributed by atoms with van der Waals surface area (Å²) in [7, 11) is -4.72. The molecule has 0 saturated carbocycles. The minimum atomic E-state index is -4.72. The van der Waals surface area contributed by atoms with Gasteiger partial charge in [0.15, 0.2) is 11.6 Å². The molecule has 2 aromatic carbocycles. The number of anilines is 1. The summed E-state index contributed by atoms with van der Waals surface area (Å²) in [6, 6.07) is 9.54. The maximum Gasteiger partial charge on any atom is 0.297 e. The van der Waals surface area contributed by atoms with Gasteiger partial charge in [-0.15, -0.1) is 0 Å². The van der Waals surface area contributed by atoms with Crippen LogP contribution in [0.25, 0.3) is 10.8 Å². The molecule has 0 radical (unpaired) electrons. The van der Waals surface area contributed by atoms with Gasteiger partial charge in [-0.05, 0) is 53.0 Å². The van der Waals surface area contributed by atoms with Crippen LogP contribution in [0.4, 0.5) is 5.69 Å². The molecule has 0 aliphatic rings. The fraction of sp³-hybridized carbons (Fsp3) is 0.581. The zero-order valence-corrected chi connectivity index (χ0v) is 26.9. The number of Topliss-reactive ketones (excluding diaryl/α,β-unsaturated/α-hetero) is 2. The average molecular weight is 592 g/mol. The quantitative estimate of drug-likeness (QED) is 0.304. The molecular weight excluding hydrogens is 546 g/mol. The van der Waals surface area contributed by atoms with Gasteiger partial charge in [0.05, 0.1) is 28.7 Å². The summed E-state index contributed by atoms with van der Waals surface area (Å²) in [6.45, 7) is 19.1. The molecule has 2 rings (SSSR count). The first-order valence-electron chi connectivity index (χ1n) is 13.6. The van der Waals surface area contributed by atoms with Gasteiger partial charge in [0.25, 0.3) is 10.1 Å². The van der Waals surface area contributed by atoms with Crippen LogP contribution in [-0.2, 0) is 34.0 Å². The van der Waals surface area contributed by atoms with E-state index in [2.05, 4.69) is 5.32 Å². The monoisotopic (exact) mass is 591 g/mol. The Morgan fingerprint density at radius 2 is 1.41 bits per heavy atom. The number of ether oxygens (including phenoxy) is 2. The smallest absolute Gasteiger partial charge is 0.297 e. The molecule has 0 fully saturated rings. The molecular formula is C31H45NO8S. The molecule has 2 unspecified atom stereocenters. The minimum Gasteiger partial charge on any atom is -0.365 e. The molecule has 0 bridgehead atoms. The van der Waals surface area contributed by atoms with Crippen molar-refractivity contribution >= 4 is 44.1 Å². The second kappa shape index (κ2) is 11.9. The van der Waals surface area contributed by atoms with Crippen LogP contribution in [0.1, 0.15) is 82.6 Å². The SMILES string of the molecule is CC(OC(C)(C)C)C(=O)C(C)(C)C(C)(C)OC(CC(=O)Nc1ccc2ccccc2c1S(=O)(=O)O)C(=O)C(C)(C)C. The number of hydrogen-bond donors (Lipinski definition) is 2. The third kappa shape index (κ3) is 8.44. The van der Waals surface area contributed by atoms with E-state index >= 15 is 0 Å². The van der Waals surface area contributed by atoms with Crippen LogP contribution in [0, 0.1) is 10.8 Å². The van der Waals surface area contributed by atoms with E-state index in [1.807, 2.05) is 20.8 Å². The van der Waals surface area contributed by atoms with Crippen molar-refractivity contribution in [2.45, 2.75) is 111 Å². The van der Waals surface area contributed by atoms with E-state index in [1.54, 1.807) is 79.7 Å². The number of carbonyl (C=O) groups is 3. The lowest BCUT2D eigenvalue weighted by Crippen LogP contribution is -2.54. The third-order valence-electron chi connectivity index (χ3n) is 7.27. The number of nitrogens with one attached hydrogen (secondary N) is 1. The fourth-order valence-corrected chi connectivity index (χ4v) is 5.41. The zero-order chi connectivity index (χ0) is 31.8. The maximum atomic E-state index is 13.5. The standard InChI is InChI=1S/C31H45NO8S/c1-19(39-29(5,6)7)26(34)30(8,9)31(10,11)40-23(27(35)28(2,3)4)18-24(33)32-22-17-16-20-14-12-13-15-21(20)25(22)41(36,37)38/h12-17,19,23H,18H2,1-11H3,(H,32,33)(H,36,37,38). The largest absolute Gasteiger partial charge is 0.365 e. The Morgan fingerprint density at radius 3 is 1.93 bits per heavy atom. The molecule has 0 aliphatic heterocycles. The van der Waals surface area contributed by atoms with Crippen molar-refractivity contribution in [1.82, 2.24) is 0 Å². The molecule has 0 aromatic heterocycles. The second-order valence-corrected chi connectivity index (χ2v) is 14.8. The van der Waals surface area contributed by atoms with Crippen molar-refractivity contribution in [2.24, 2.45) is 10.8 Å². The highest BCUT2D eigenvalue weighted by atomic mass is 32.2. The van der Waals surface area contributed by atoms with Gasteiger partial charge in [0.2, 0.25) is 5.91 Å². The van der Waals surface area contributed by atoms with Crippen LogP contribution >= 0.6 is 0 Å². The van der Waals surface area contributed by atoms with Crippen molar-refractivity contribution < 1.29 is 36.8 Å². The summed E-state index contributed by atoms with van der Waals surface area (Å²) >= 11 is 0. The van der Waals surface area contributed by atoms with Gasteiger partial charge in [-0.25, -0.2) is 0 Å². The predicted molar refractivity (Wildman–Crippen MR) is 160 cm³/mol. The summed E-state index contributed by atoms with van der Waals surface area (Å²) in [6.07, 6.45) is -2.46. The topological polar surface area (TPSA) is 136 Å². The second-order valence-electron chi connectivity index (χ2n) is 13.5. The van der Waals surface area contributed by atoms with E-state index in [9.17, 15) is 27.4 Å². The Labute approximate surface area is 244 Å². The lowest BCUT2D eigenvalue weighted by Gasteiger charge is -2.44. The molecule has 10 heteroatoms. The van der Waals surface area contributed by atoms with Crippen LogP contribution < -0.4 is 5.32 Å². The van der Waals surface area contributed by atoms with Crippen LogP contribution in [0.5, 0.6) is 0 Å². The molecule has 1 amide bonds. The van der Waals surface area contributed by atoms with Crippen LogP contribution in [0.15, 0.2) is 41.3 Å². The maximum absolute atomic E-state index is 13.5. The van der Waals surface area contributed by atoms with Crippen molar-refractivity contribution in [3.63, 3.8) is 0 Å². The highest BCUT2D eigenvalue weighted by Crippen LogP contribution is 2.39. The first kappa shape index (κ1) is 34.5. The Hall–Kier alpha value is -2.66. The van der Waals surface area contributed by atoms with Gasteiger partial charge < -0.3 is 14.8 Å². The predicted octanol–water partition coefficient (Wildman–Crippen LogP) is 5.99. The normalized spacial score (nSPS) is 14.9. The fourth-order valence-electron chi connectivity index (χ4n) is 4.55. The first-order valence-corrected chi connectivity index (χ1v) is 15.1. The third-order valence-corrected chi connectivity index (χ3v) is 8.23. The Bertz CT molecular complexity index is 1410. The van der Waals surface area contributed by atoms with Crippen LogP contribution in [0.2, 0.25) is 0 Å². The van der Waals surface area contributed by atoms with Gasteiger partial charge in [-0.3, -0.25) is 18.9 Å². The number of ketones is 2. The highest BCUT2D eigenvalue weighted by molar-refractivity contribution is 7.86. The lowest BCUT2D eigenvalue weighted by molar-refractivity contribution is -0.181. The van der Waals surface area contributed by atoms with Crippen molar-refractivity contribution in [1.29, 1.82) is 0 Å². The summed E-state index contributed by atoms with van der Waals surface area (Å²) < 4.78 is 46.8.